The molecule has 0 spiro atoms. The van der Waals surface area contributed by atoms with Crippen LogP contribution in [0.1, 0.15) is 0 Å². The molecule has 7 heteroatoms. The maximum atomic E-state index is 9.47. The predicted molar refractivity (Wildman–Crippen MR) is 89.1 cm³/mol. The van der Waals surface area contributed by atoms with Crippen molar-refractivity contribution in [1.82, 2.24) is 15.0 Å². The first-order valence-corrected chi connectivity index (χ1v) is 7.68. The van der Waals surface area contributed by atoms with Crippen LogP contribution in [0.3, 0.4) is 0 Å². The van der Waals surface area contributed by atoms with Gasteiger partial charge in [-0.1, -0.05) is 11.6 Å². The molecule has 2 aromatic carbocycles. The van der Waals surface area contributed by atoms with Gasteiger partial charge in [-0.15, -0.1) is 21.8 Å². The largest absolute Gasteiger partial charge is 0.390 e. The quantitative estimate of drug-likeness (QED) is 0.703. The third-order valence-corrected chi connectivity index (χ3v) is 3.77. The Morgan fingerprint density at radius 2 is 1.82 bits per heavy atom. The van der Waals surface area contributed by atoms with Crippen molar-refractivity contribution in [1.29, 1.82) is 0 Å². The molecule has 0 aliphatic heterocycles. The molecule has 3 aromatic rings. The lowest BCUT2D eigenvalue weighted by molar-refractivity contribution is 0.211. The van der Waals surface area contributed by atoms with Gasteiger partial charge in [0.1, 0.15) is 11.0 Å². The second kappa shape index (κ2) is 6.52. The van der Waals surface area contributed by atoms with Gasteiger partial charge in [-0.2, -0.15) is 4.80 Å². The van der Waals surface area contributed by atoms with Gasteiger partial charge in [0, 0.05) is 17.3 Å². The lowest BCUT2D eigenvalue weighted by atomic mass is 10.2. The van der Waals surface area contributed by atoms with Gasteiger partial charge in [0.2, 0.25) is 0 Å². The second-order valence-electron chi connectivity index (χ2n) is 4.86. The number of fused-ring (bicyclic) bond motifs is 1. The highest BCUT2D eigenvalue weighted by molar-refractivity contribution is 6.30. The van der Waals surface area contributed by atoms with Crippen molar-refractivity contribution in [3.05, 3.63) is 47.5 Å². The smallest absolute Gasteiger partial charge is 0.115 e. The highest BCUT2D eigenvalue weighted by Gasteiger charge is 2.07. The van der Waals surface area contributed by atoms with Crippen LogP contribution in [-0.4, -0.2) is 38.6 Å². The van der Waals surface area contributed by atoms with E-state index >= 15 is 0 Å². The van der Waals surface area contributed by atoms with E-state index in [0.717, 1.165) is 22.4 Å². The minimum Gasteiger partial charge on any atom is -0.390 e. The number of aliphatic hydroxyl groups excluding tert-OH is 1. The lowest BCUT2D eigenvalue weighted by Gasteiger charge is -2.09. The molecule has 0 saturated carbocycles. The molecular formula is C15H14Cl2N4O. The zero-order chi connectivity index (χ0) is 15.5. The van der Waals surface area contributed by atoms with E-state index in [1.54, 1.807) is 16.9 Å². The fourth-order valence-electron chi connectivity index (χ4n) is 2.00. The zero-order valence-corrected chi connectivity index (χ0v) is 13.1. The van der Waals surface area contributed by atoms with Gasteiger partial charge in [0.05, 0.1) is 17.7 Å². The van der Waals surface area contributed by atoms with Crippen molar-refractivity contribution in [3.8, 4) is 5.69 Å². The van der Waals surface area contributed by atoms with Gasteiger partial charge in [-0.25, -0.2) is 0 Å². The number of benzene rings is 2. The number of hydrogen-bond acceptors (Lipinski definition) is 4. The van der Waals surface area contributed by atoms with Gasteiger partial charge in [-0.3, -0.25) is 0 Å². The Morgan fingerprint density at radius 1 is 1.09 bits per heavy atom. The van der Waals surface area contributed by atoms with E-state index in [0.29, 0.717) is 11.6 Å². The number of nitrogens with one attached hydrogen (secondary N) is 1. The summed E-state index contributed by atoms with van der Waals surface area (Å²) in [6, 6.07) is 13.0. The van der Waals surface area contributed by atoms with Gasteiger partial charge in [0.25, 0.3) is 0 Å². The molecule has 0 bridgehead atoms. The van der Waals surface area contributed by atoms with Crippen LogP contribution in [0, 0.1) is 0 Å². The zero-order valence-electron chi connectivity index (χ0n) is 11.6. The van der Waals surface area contributed by atoms with Gasteiger partial charge < -0.3 is 10.4 Å². The first-order valence-electron chi connectivity index (χ1n) is 6.76. The van der Waals surface area contributed by atoms with E-state index in [9.17, 15) is 5.11 Å². The summed E-state index contributed by atoms with van der Waals surface area (Å²) < 4.78 is 0. The SMILES string of the molecule is OC(CCl)CNc1ccc2nn(-c3ccc(Cl)cc3)nc2c1. The molecule has 1 atom stereocenters. The van der Waals surface area contributed by atoms with Crippen LogP contribution in [0.4, 0.5) is 5.69 Å². The van der Waals surface area contributed by atoms with E-state index in [1.807, 2.05) is 30.3 Å². The summed E-state index contributed by atoms with van der Waals surface area (Å²) >= 11 is 11.5. The molecule has 114 valence electrons. The molecule has 2 N–H and O–H groups in total. The van der Waals surface area contributed by atoms with Crippen LogP contribution in [0.2, 0.25) is 5.02 Å². The number of nitrogens with zero attached hydrogens (tertiary/aromatic N) is 3. The highest BCUT2D eigenvalue weighted by atomic mass is 35.5. The Bertz CT molecular complexity index is 773. The second-order valence-corrected chi connectivity index (χ2v) is 5.60. The van der Waals surface area contributed by atoms with Crippen molar-refractivity contribution >= 4 is 39.9 Å². The number of aliphatic hydroxyl groups is 1. The molecule has 0 radical (unpaired) electrons. The summed E-state index contributed by atoms with van der Waals surface area (Å²) in [5.74, 6) is 0.196. The molecular weight excluding hydrogens is 323 g/mol. The summed E-state index contributed by atoms with van der Waals surface area (Å²) in [6.07, 6.45) is -0.581. The van der Waals surface area contributed by atoms with Crippen LogP contribution in [0.25, 0.3) is 16.7 Å². The molecule has 1 unspecified atom stereocenters. The number of hydrogen-bond donors (Lipinski definition) is 2. The normalized spacial score (nSPS) is 12.5. The maximum absolute atomic E-state index is 9.47. The molecule has 0 amide bonds. The summed E-state index contributed by atoms with van der Waals surface area (Å²) in [5, 5.41) is 22.1. The Balaban J connectivity index is 1.85. The van der Waals surface area contributed by atoms with Crippen molar-refractivity contribution in [2.75, 3.05) is 17.7 Å². The molecule has 1 heterocycles. The first-order chi connectivity index (χ1) is 10.7. The topological polar surface area (TPSA) is 63.0 Å². The summed E-state index contributed by atoms with van der Waals surface area (Å²) in [7, 11) is 0. The van der Waals surface area contributed by atoms with Gasteiger partial charge in [0.15, 0.2) is 0 Å². The first kappa shape index (κ1) is 15.1. The third kappa shape index (κ3) is 3.32. The Hall–Kier alpha value is -1.82. The van der Waals surface area contributed by atoms with Crippen LogP contribution >= 0.6 is 23.2 Å². The Kier molecular flexibility index (Phi) is 4.47. The Morgan fingerprint density at radius 3 is 2.55 bits per heavy atom. The van der Waals surface area contributed by atoms with Gasteiger partial charge in [-0.05, 0) is 42.5 Å². The molecule has 0 saturated heterocycles. The lowest BCUT2D eigenvalue weighted by Crippen LogP contribution is -2.20. The molecule has 5 nitrogen and oxygen atoms in total. The van der Waals surface area contributed by atoms with Crippen molar-refractivity contribution in [2.24, 2.45) is 0 Å². The molecule has 0 aliphatic carbocycles. The fraction of sp³-hybridized carbons (Fsp3) is 0.200. The van der Waals surface area contributed by atoms with Crippen LogP contribution in [0.5, 0.6) is 0 Å². The number of anilines is 1. The Labute approximate surface area is 137 Å². The molecule has 1 aromatic heterocycles. The summed E-state index contributed by atoms with van der Waals surface area (Å²) in [4.78, 5) is 1.57. The monoisotopic (exact) mass is 336 g/mol. The maximum Gasteiger partial charge on any atom is 0.115 e. The van der Waals surface area contributed by atoms with E-state index in [1.165, 1.54) is 0 Å². The number of halogens is 2. The third-order valence-electron chi connectivity index (χ3n) is 3.16. The van der Waals surface area contributed by atoms with E-state index < -0.39 is 6.10 Å². The minimum atomic E-state index is -0.581. The fourth-order valence-corrected chi connectivity index (χ4v) is 2.24. The van der Waals surface area contributed by atoms with Crippen LogP contribution < -0.4 is 5.32 Å². The molecule has 0 fully saturated rings. The number of alkyl halides is 1. The van der Waals surface area contributed by atoms with Gasteiger partial charge >= 0.3 is 0 Å². The predicted octanol–water partition coefficient (Wildman–Crippen LogP) is 3.09. The van der Waals surface area contributed by atoms with Crippen molar-refractivity contribution in [3.63, 3.8) is 0 Å². The highest BCUT2D eigenvalue weighted by Crippen LogP contribution is 2.18. The molecule has 0 aliphatic rings. The van der Waals surface area contributed by atoms with E-state index in [4.69, 9.17) is 23.2 Å². The summed E-state index contributed by atoms with van der Waals surface area (Å²) in [5.41, 5.74) is 3.26. The standard InChI is InChI=1S/C15H14Cl2N4O/c16-8-13(22)9-18-11-3-6-14-15(7-11)20-21(19-14)12-4-1-10(17)2-5-12/h1-7,13,18,22H,8-9H2. The minimum absolute atomic E-state index is 0.196. The van der Waals surface area contributed by atoms with Crippen molar-refractivity contribution in [2.45, 2.75) is 6.10 Å². The average molecular weight is 337 g/mol. The van der Waals surface area contributed by atoms with Crippen LogP contribution in [0.15, 0.2) is 42.5 Å². The van der Waals surface area contributed by atoms with Crippen LogP contribution in [-0.2, 0) is 0 Å². The number of aromatic nitrogens is 3. The van der Waals surface area contributed by atoms with E-state index in [-0.39, 0.29) is 5.88 Å². The molecule has 3 rings (SSSR count). The number of rotatable bonds is 5. The summed E-state index contributed by atoms with van der Waals surface area (Å²) in [6.45, 7) is 0.389. The van der Waals surface area contributed by atoms with Crippen molar-refractivity contribution < 1.29 is 5.11 Å². The van der Waals surface area contributed by atoms with E-state index in [2.05, 4.69) is 15.5 Å². The molecule has 22 heavy (non-hydrogen) atoms. The average Bonchev–Trinajstić information content (AvgIpc) is 2.96.